The molecule has 1 aliphatic rings. The van der Waals surface area contributed by atoms with Crippen molar-refractivity contribution < 1.29 is 30.3 Å². The fourth-order valence-corrected chi connectivity index (χ4v) is 3.86. The average Bonchev–Trinajstić information content (AvgIpc) is 2.94. The number of fused-ring (bicyclic) bond motifs is 1. The summed E-state index contributed by atoms with van der Waals surface area (Å²) in [7, 11) is 0. The van der Waals surface area contributed by atoms with E-state index in [0.717, 1.165) is 32.0 Å². The number of pyridine rings is 2. The third-order valence-corrected chi connectivity index (χ3v) is 6.49. The van der Waals surface area contributed by atoms with E-state index in [2.05, 4.69) is 31.2 Å². The van der Waals surface area contributed by atoms with Crippen molar-refractivity contribution in [3.05, 3.63) is 54.4 Å². The third kappa shape index (κ3) is 12.6. The van der Waals surface area contributed by atoms with E-state index in [1.807, 2.05) is 9.80 Å². The number of nitro groups is 2. The van der Waals surface area contributed by atoms with Gasteiger partial charge >= 0.3 is 0 Å². The van der Waals surface area contributed by atoms with Crippen LogP contribution in [0.4, 0.5) is 22.9 Å². The summed E-state index contributed by atoms with van der Waals surface area (Å²) in [5.41, 5.74) is 0.469. The Balaban J connectivity index is 0.000000326. The van der Waals surface area contributed by atoms with Gasteiger partial charge in [0.25, 0.3) is 11.4 Å². The molecular formula is C23H35BrClN7O8. The summed E-state index contributed by atoms with van der Waals surface area (Å²) in [5, 5.41) is 59.1. The Labute approximate surface area is 244 Å². The Bertz CT molecular complexity index is 1050. The van der Waals surface area contributed by atoms with Crippen molar-refractivity contribution in [2.24, 2.45) is 0 Å². The number of aromatic nitrogens is 2. The van der Waals surface area contributed by atoms with Crippen LogP contribution in [-0.4, -0.2) is 106 Å². The van der Waals surface area contributed by atoms with Gasteiger partial charge in [-0.15, -0.1) is 0 Å². The molecule has 0 amide bonds. The maximum absolute atomic E-state index is 10.8. The molecule has 15 nitrogen and oxygen atoms in total. The van der Waals surface area contributed by atoms with Crippen LogP contribution in [0.3, 0.4) is 0 Å². The summed E-state index contributed by atoms with van der Waals surface area (Å²) in [4.78, 5) is 31.4. The monoisotopic (exact) mass is 651 g/mol. The molecule has 0 aliphatic carbocycles. The quantitative estimate of drug-likeness (QED) is 0.0904. The normalized spacial score (nSPS) is 12.1. The molecule has 224 valence electrons. The number of unbranched alkanes of at least 4 members (excludes halogenated alkanes) is 2. The first-order valence-corrected chi connectivity index (χ1v) is 13.6. The molecule has 0 saturated carbocycles. The van der Waals surface area contributed by atoms with E-state index in [4.69, 9.17) is 32.0 Å². The first kappa shape index (κ1) is 35.3. The van der Waals surface area contributed by atoms with Crippen LogP contribution in [0.2, 0.25) is 5.15 Å². The van der Waals surface area contributed by atoms with Gasteiger partial charge < -0.3 is 35.5 Å². The summed E-state index contributed by atoms with van der Waals surface area (Å²) < 4.78 is 0.424. The van der Waals surface area contributed by atoms with Gasteiger partial charge in [-0.2, -0.15) is 0 Å². The summed E-state index contributed by atoms with van der Waals surface area (Å²) in [5.74, 6) is 0.611. The van der Waals surface area contributed by atoms with Gasteiger partial charge in [0.15, 0.2) is 5.82 Å². The van der Waals surface area contributed by atoms with Gasteiger partial charge in [0, 0.05) is 51.5 Å². The highest BCUT2D eigenvalue weighted by Crippen LogP contribution is 2.33. The van der Waals surface area contributed by atoms with Gasteiger partial charge in [-0.05, 0) is 41.7 Å². The zero-order valence-electron chi connectivity index (χ0n) is 21.9. The SMILES string of the molecule is O=[N+]([O-])c1cnc(Cl)c(Br)c1.O=[N+]([O-])c1cnc2c(c1)N(CCO)CCN2CCO.OCCCCCNCCO. The lowest BCUT2D eigenvalue weighted by Gasteiger charge is -2.37. The smallest absolute Gasteiger partial charge is 0.289 e. The Morgan fingerprint density at radius 1 is 0.850 bits per heavy atom. The first-order chi connectivity index (χ1) is 19.2. The van der Waals surface area contributed by atoms with E-state index < -0.39 is 9.85 Å². The molecular weight excluding hydrogens is 618 g/mol. The molecule has 3 rings (SSSR count). The van der Waals surface area contributed by atoms with Gasteiger partial charge in [0.1, 0.15) is 17.5 Å². The van der Waals surface area contributed by atoms with E-state index in [1.165, 1.54) is 18.3 Å². The van der Waals surface area contributed by atoms with Crippen molar-refractivity contribution in [1.82, 2.24) is 15.3 Å². The second-order valence-electron chi connectivity index (χ2n) is 8.20. The van der Waals surface area contributed by atoms with E-state index in [9.17, 15) is 20.2 Å². The Kier molecular flexibility index (Phi) is 17.8. The number of rotatable bonds is 13. The van der Waals surface area contributed by atoms with Crippen LogP contribution in [0, 0.1) is 20.2 Å². The summed E-state index contributed by atoms with van der Waals surface area (Å²) in [6.45, 7) is 4.24. The van der Waals surface area contributed by atoms with Crippen LogP contribution in [0.15, 0.2) is 29.0 Å². The number of β-amino-alcohol motifs (C(OH)–C–C–N with tert-alkyl or cyclic N) is 2. The molecule has 3 heterocycles. The number of aliphatic hydroxyl groups is 4. The van der Waals surface area contributed by atoms with E-state index in [0.29, 0.717) is 55.3 Å². The average molecular weight is 653 g/mol. The van der Waals surface area contributed by atoms with Crippen molar-refractivity contribution in [3.8, 4) is 0 Å². The Hall–Kier alpha value is -2.73. The number of hydrogen-bond acceptors (Lipinski definition) is 13. The minimum atomic E-state index is -0.534. The molecule has 5 N–H and O–H groups in total. The van der Waals surface area contributed by atoms with Crippen LogP contribution in [0.25, 0.3) is 0 Å². The zero-order chi connectivity index (χ0) is 29.9. The predicted molar refractivity (Wildman–Crippen MR) is 154 cm³/mol. The summed E-state index contributed by atoms with van der Waals surface area (Å²) >= 11 is 8.52. The van der Waals surface area contributed by atoms with E-state index >= 15 is 0 Å². The predicted octanol–water partition coefficient (Wildman–Crippen LogP) is 1.74. The lowest BCUT2D eigenvalue weighted by atomic mass is 10.2. The summed E-state index contributed by atoms with van der Waals surface area (Å²) in [6.07, 6.45) is 5.36. The van der Waals surface area contributed by atoms with Crippen LogP contribution in [0.5, 0.6) is 0 Å². The number of hydrogen-bond donors (Lipinski definition) is 5. The lowest BCUT2D eigenvalue weighted by molar-refractivity contribution is -0.385. The zero-order valence-corrected chi connectivity index (χ0v) is 24.2. The standard InChI is InChI=1S/C11H16N4O4.C7H17NO2.C5H2BrClN2O2/c16-5-3-13-1-2-14(4-6-17)11-10(13)7-9(8-12-11)15(18)19;9-6-3-1-2-4-8-5-7-10;6-4-1-3(9(10)11)2-8-5(4)7/h7-8,16-17H,1-6H2;8-10H,1-7H2;1-2H. The highest BCUT2D eigenvalue weighted by molar-refractivity contribution is 9.10. The van der Waals surface area contributed by atoms with Crippen LogP contribution >= 0.6 is 27.5 Å². The minimum Gasteiger partial charge on any atom is -0.396 e. The first-order valence-electron chi connectivity index (χ1n) is 12.4. The molecule has 0 radical (unpaired) electrons. The highest BCUT2D eigenvalue weighted by Gasteiger charge is 2.25. The molecule has 0 unspecified atom stereocenters. The Morgan fingerprint density at radius 2 is 1.45 bits per heavy atom. The van der Waals surface area contributed by atoms with Crippen molar-refractivity contribution >= 4 is 50.4 Å². The fraction of sp³-hybridized carbons (Fsp3) is 0.565. The minimum absolute atomic E-state index is 0.00188. The van der Waals surface area contributed by atoms with E-state index in [1.54, 1.807) is 0 Å². The molecule has 40 heavy (non-hydrogen) atoms. The second kappa shape index (κ2) is 20.2. The molecule has 0 atom stereocenters. The Morgan fingerprint density at radius 3 is 2.02 bits per heavy atom. The third-order valence-electron chi connectivity index (χ3n) is 5.36. The van der Waals surface area contributed by atoms with Crippen LogP contribution in [-0.2, 0) is 0 Å². The van der Waals surface area contributed by atoms with Gasteiger partial charge in [-0.3, -0.25) is 20.2 Å². The maximum Gasteiger partial charge on any atom is 0.289 e. The van der Waals surface area contributed by atoms with Crippen molar-refractivity contribution in [3.63, 3.8) is 0 Å². The maximum atomic E-state index is 10.8. The fourth-order valence-electron chi connectivity index (χ4n) is 3.42. The number of nitrogens with one attached hydrogen (secondary N) is 1. The topological polar surface area (TPSA) is 211 Å². The number of halogens is 2. The number of anilines is 2. The largest absolute Gasteiger partial charge is 0.396 e. The molecule has 0 fully saturated rings. The highest BCUT2D eigenvalue weighted by atomic mass is 79.9. The lowest BCUT2D eigenvalue weighted by Crippen LogP contribution is -2.43. The van der Waals surface area contributed by atoms with Gasteiger partial charge in [-0.25, -0.2) is 9.97 Å². The molecule has 1 aliphatic heterocycles. The molecule has 0 aromatic carbocycles. The van der Waals surface area contributed by atoms with Gasteiger partial charge in [0.05, 0.1) is 39.8 Å². The van der Waals surface area contributed by atoms with Crippen molar-refractivity contribution in [2.45, 2.75) is 19.3 Å². The van der Waals surface area contributed by atoms with Crippen LogP contribution in [0.1, 0.15) is 19.3 Å². The molecule has 0 saturated heterocycles. The van der Waals surface area contributed by atoms with Gasteiger partial charge in [-0.1, -0.05) is 11.6 Å². The second-order valence-corrected chi connectivity index (χ2v) is 9.41. The number of aliphatic hydroxyl groups excluding tert-OH is 4. The van der Waals surface area contributed by atoms with Crippen LogP contribution < -0.4 is 15.1 Å². The van der Waals surface area contributed by atoms with Gasteiger partial charge in [0.2, 0.25) is 0 Å². The molecule has 2 aromatic heterocycles. The molecule has 0 bridgehead atoms. The summed E-state index contributed by atoms with van der Waals surface area (Å²) in [6, 6.07) is 2.76. The molecule has 2 aromatic rings. The molecule has 0 spiro atoms. The van der Waals surface area contributed by atoms with Crippen molar-refractivity contribution in [1.29, 1.82) is 0 Å². The van der Waals surface area contributed by atoms with E-state index in [-0.39, 0.29) is 36.3 Å². The van der Waals surface area contributed by atoms with Crippen molar-refractivity contribution in [2.75, 3.05) is 75.5 Å². The number of nitrogens with zero attached hydrogens (tertiary/aromatic N) is 6. The molecule has 17 heteroatoms.